The van der Waals surface area contributed by atoms with Crippen molar-refractivity contribution in [1.82, 2.24) is 10.2 Å². The van der Waals surface area contributed by atoms with Crippen molar-refractivity contribution in [3.05, 3.63) is 29.4 Å². The van der Waals surface area contributed by atoms with Crippen LogP contribution in [0.3, 0.4) is 0 Å². The first-order chi connectivity index (χ1) is 7.72. The van der Waals surface area contributed by atoms with Crippen LogP contribution in [0.5, 0.6) is 0 Å². The number of hydrogen-bond donors (Lipinski definition) is 1. The molecule has 0 spiro atoms. The van der Waals surface area contributed by atoms with Gasteiger partial charge in [0.05, 0.1) is 6.04 Å². The molecule has 0 aliphatic heterocycles. The minimum absolute atomic E-state index is 0.0983. The van der Waals surface area contributed by atoms with E-state index in [9.17, 15) is 0 Å². The number of aromatic nitrogens is 2. The number of halogens is 1. The van der Waals surface area contributed by atoms with Gasteiger partial charge in [-0.3, -0.25) is 0 Å². The van der Waals surface area contributed by atoms with Gasteiger partial charge in [0.25, 0.3) is 0 Å². The number of fused-ring (bicyclic) bond motifs is 1. The molecule has 16 heavy (non-hydrogen) atoms. The molecule has 1 heterocycles. The standard InChI is InChI=1S/C12H10ClN3/c1-3-8(2)14-12-10-7-5-4-6-9(10)11(13)15-16-12/h1,4-8H,2H3,(H,14,16). The van der Waals surface area contributed by atoms with E-state index in [1.165, 1.54) is 0 Å². The summed E-state index contributed by atoms with van der Waals surface area (Å²) in [6.07, 6.45) is 5.31. The fraction of sp³-hybridized carbons (Fsp3) is 0.167. The number of anilines is 1. The molecule has 1 aromatic heterocycles. The molecule has 4 heteroatoms. The Morgan fingerprint density at radius 2 is 2.00 bits per heavy atom. The monoisotopic (exact) mass is 231 g/mol. The molecule has 0 radical (unpaired) electrons. The zero-order chi connectivity index (χ0) is 11.5. The number of rotatable bonds is 2. The molecule has 1 aromatic carbocycles. The molecule has 0 bridgehead atoms. The maximum Gasteiger partial charge on any atom is 0.159 e. The summed E-state index contributed by atoms with van der Waals surface area (Å²) >= 11 is 5.96. The molecule has 0 amide bonds. The van der Waals surface area contributed by atoms with Crippen LogP contribution in [-0.4, -0.2) is 16.2 Å². The summed E-state index contributed by atoms with van der Waals surface area (Å²) in [5, 5.41) is 13.2. The van der Waals surface area contributed by atoms with E-state index in [2.05, 4.69) is 21.4 Å². The van der Waals surface area contributed by atoms with E-state index in [1.54, 1.807) is 0 Å². The summed E-state index contributed by atoms with van der Waals surface area (Å²) in [4.78, 5) is 0. The van der Waals surface area contributed by atoms with E-state index in [0.717, 1.165) is 10.8 Å². The average Bonchev–Trinajstić information content (AvgIpc) is 2.33. The van der Waals surface area contributed by atoms with Crippen LogP contribution in [0.15, 0.2) is 24.3 Å². The summed E-state index contributed by atoms with van der Waals surface area (Å²) in [6, 6.07) is 7.56. The number of hydrogen-bond acceptors (Lipinski definition) is 3. The maximum absolute atomic E-state index is 5.96. The van der Waals surface area contributed by atoms with Gasteiger partial charge in [0.15, 0.2) is 11.0 Å². The second-order valence-electron chi connectivity index (χ2n) is 3.42. The molecule has 2 rings (SSSR count). The third kappa shape index (κ3) is 1.93. The molecule has 0 aliphatic carbocycles. The van der Waals surface area contributed by atoms with Crippen LogP contribution in [0.4, 0.5) is 5.82 Å². The summed E-state index contributed by atoms with van der Waals surface area (Å²) in [5.74, 6) is 3.24. The first-order valence-electron chi connectivity index (χ1n) is 4.86. The van der Waals surface area contributed by atoms with Gasteiger partial charge < -0.3 is 5.32 Å². The Kier molecular flexibility index (Phi) is 2.93. The van der Waals surface area contributed by atoms with Gasteiger partial charge in [-0.25, -0.2) is 0 Å². The molecule has 0 aliphatic rings. The van der Waals surface area contributed by atoms with E-state index >= 15 is 0 Å². The lowest BCUT2D eigenvalue weighted by Crippen LogP contribution is -2.14. The topological polar surface area (TPSA) is 37.8 Å². The molecule has 3 nitrogen and oxygen atoms in total. The van der Waals surface area contributed by atoms with Crippen molar-refractivity contribution in [3.63, 3.8) is 0 Å². The van der Waals surface area contributed by atoms with Gasteiger partial charge in [-0.1, -0.05) is 41.8 Å². The van der Waals surface area contributed by atoms with Gasteiger partial charge in [0.1, 0.15) is 0 Å². The lowest BCUT2D eigenvalue weighted by atomic mass is 10.2. The average molecular weight is 232 g/mol. The van der Waals surface area contributed by atoms with Crippen LogP contribution < -0.4 is 5.32 Å². The summed E-state index contributed by atoms with van der Waals surface area (Å²) < 4.78 is 0. The molecular weight excluding hydrogens is 222 g/mol. The summed E-state index contributed by atoms with van der Waals surface area (Å²) in [6.45, 7) is 1.88. The van der Waals surface area contributed by atoms with Crippen molar-refractivity contribution in [2.24, 2.45) is 0 Å². The SMILES string of the molecule is C#CC(C)Nc1nnc(Cl)c2ccccc12. The smallest absolute Gasteiger partial charge is 0.159 e. The Hall–Kier alpha value is -1.79. The lowest BCUT2D eigenvalue weighted by molar-refractivity contribution is 0.975. The maximum atomic E-state index is 5.96. The minimum atomic E-state index is -0.0983. The zero-order valence-electron chi connectivity index (χ0n) is 8.74. The third-order valence-electron chi connectivity index (χ3n) is 2.25. The van der Waals surface area contributed by atoms with Crippen molar-refractivity contribution in [1.29, 1.82) is 0 Å². The quantitative estimate of drug-likeness (QED) is 0.808. The highest BCUT2D eigenvalue weighted by molar-refractivity contribution is 6.34. The zero-order valence-corrected chi connectivity index (χ0v) is 9.49. The van der Waals surface area contributed by atoms with Crippen LogP contribution in [0.2, 0.25) is 5.15 Å². The summed E-state index contributed by atoms with van der Waals surface area (Å²) in [7, 11) is 0. The van der Waals surface area contributed by atoms with E-state index in [-0.39, 0.29) is 6.04 Å². The molecule has 1 N–H and O–H groups in total. The molecule has 1 unspecified atom stereocenters. The Bertz CT molecular complexity index is 560. The van der Waals surface area contributed by atoms with E-state index in [1.807, 2.05) is 31.2 Å². The normalized spacial score (nSPS) is 12.1. The predicted octanol–water partition coefficient (Wildman–Crippen LogP) is 2.72. The molecular formula is C12H10ClN3. The van der Waals surface area contributed by atoms with Crippen LogP contribution in [0.25, 0.3) is 10.8 Å². The van der Waals surface area contributed by atoms with Gasteiger partial charge in [-0.15, -0.1) is 16.6 Å². The lowest BCUT2D eigenvalue weighted by Gasteiger charge is -2.10. The van der Waals surface area contributed by atoms with Gasteiger partial charge in [0, 0.05) is 10.8 Å². The first-order valence-corrected chi connectivity index (χ1v) is 5.23. The van der Waals surface area contributed by atoms with Gasteiger partial charge in [-0.2, -0.15) is 0 Å². The van der Waals surface area contributed by atoms with Gasteiger partial charge in [-0.05, 0) is 6.92 Å². The van der Waals surface area contributed by atoms with E-state index in [4.69, 9.17) is 18.0 Å². The molecule has 1 atom stereocenters. The Balaban J connectivity index is 2.55. The first kappa shape index (κ1) is 10.7. The van der Waals surface area contributed by atoms with Crippen molar-refractivity contribution in [2.45, 2.75) is 13.0 Å². The third-order valence-corrected chi connectivity index (χ3v) is 2.52. The van der Waals surface area contributed by atoms with Gasteiger partial charge >= 0.3 is 0 Å². The Labute approximate surface area is 98.8 Å². The van der Waals surface area contributed by atoms with E-state index < -0.39 is 0 Å². The second-order valence-corrected chi connectivity index (χ2v) is 3.78. The number of nitrogens with one attached hydrogen (secondary N) is 1. The van der Waals surface area contributed by atoms with Crippen LogP contribution >= 0.6 is 11.6 Å². The molecule has 0 saturated heterocycles. The van der Waals surface area contributed by atoms with Crippen LogP contribution in [0, 0.1) is 12.3 Å². The number of nitrogens with zero attached hydrogens (tertiary/aromatic N) is 2. The fourth-order valence-electron chi connectivity index (χ4n) is 1.42. The van der Waals surface area contributed by atoms with Crippen molar-refractivity contribution in [2.75, 3.05) is 5.32 Å². The van der Waals surface area contributed by atoms with E-state index in [0.29, 0.717) is 11.0 Å². The van der Waals surface area contributed by atoms with Crippen LogP contribution in [0.1, 0.15) is 6.92 Å². The van der Waals surface area contributed by atoms with Crippen LogP contribution in [-0.2, 0) is 0 Å². The highest BCUT2D eigenvalue weighted by atomic mass is 35.5. The predicted molar refractivity (Wildman–Crippen MR) is 66.5 cm³/mol. The summed E-state index contributed by atoms with van der Waals surface area (Å²) in [5.41, 5.74) is 0. The molecule has 80 valence electrons. The Morgan fingerprint density at radius 3 is 2.69 bits per heavy atom. The number of terminal acetylenes is 1. The van der Waals surface area contributed by atoms with Gasteiger partial charge in [0.2, 0.25) is 0 Å². The highest BCUT2D eigenvalue weighted by Crippen LogP contribution is 2.25. The Morgan fingerprint density at radius 1 is 1.31 bits per heavy atom. The minimum Gasteiger partial charge on any atom is -0.355 e. The second kappa shape index (κ2) is 4.38. The largest absolute Gasteiger partial charge is 0.355 e. The number of benzene rings is 1. The van der Waals surface area contributed by atoms with Crippen molar-refractivity contribution < 1.29 is 0 Å². The fourth-order valence-corrected chi connectivity index (χ4v) is 1.63. The highest BCUT2D eigenvalue weighted by Gasteiger charge is 2.08. The van der Waals surface area contributed by atoms with Crippen molar-refractivity contribution >= 4 is 28.2 Å². The molecule has 0 fully saturated rings. The molecule has 2 aromatic rings. The molecule has 0 saturated carbocycles. The van der Waals surface area contributed by atoms with Crippen molar-refractivity contribution in [3.8, 4) is 12.3 Å².